The first-order chi connectivity index (χ1) is 16.6. The fourth-order valence-electron chi connectivity index (χ4n) is 3.85. The molecule has 36 heavy (non-hydrogen) atoms. The third-order valence-corrected chi connectivity index (χ3v) is 6.63. The summed E-state index contributed by atoms with van der Waals surface area (Å²) in [5.74, 6) is -8.89. The van der Waals surface area contributed by atoms with E-state index in [1.54, 1.807) is 6.92 Å². The van der Waals surface area contributed by atoms with Gasteiger partial charge in [-0.25, -0.2) is 8.78 Å². The van der Waals surface area contributed by atoms with Crippen molar-refractivity contribution in [1.82, 2.24) is 5.32 Å². The molecule has 1 rings (SSSR count). The van der Waals surface area contributed by atoms with Crippen LogP contribution in [0.25, 0.3) is 0 Å². The Labute approximate surface area is 209 Å². The van der Waals surface area contributed by atoms with Crippen LogP contribution in [-0.2, 0) is 19.1 Å². The molecular weight excluding hydrogens is 486 g/mol. The predicted octanol–water partition coefficient (Wildman–Crippen LogP) is -0.859. The van der Waals surface area contributed by atoms with Gasteiger partial charge >= 0.3 is 5.92 Å². The zero-order valence-corrected chi connectivity index (χ0v) is 20.9. The second-order valence-corrected chi connectivity index (χ2v) is 9.64. The molecule has 1 fully saturated rings. The summed E-state index contributed by atoms with van der Waals surface area (Å²) in [7, 11) is 0. The number of aliphatic hydroxyl groups is 5. The van der Waals surface area contributed by atoms with E-state index in [4.69, 9.17) is 15.6 Å². The van der Waals surface area contributed by atoms with Gasteiger partial charge in [0.15, 0.2) is 5.78 Å². The minimum atomic E-state index is -4.00. The van der Waals surface area contributed by atoms with Gasteiger partial charge < -0.3 is 41.3 Å². The van der Waals surface area contributed by atoms with Crippen LogP contribution in [0, 0.1) is 5.92 Å². The number of halogens is 2. The van der Waals surface area contributed by atoms with Crippen LogP contribution in [0.2, 0.25) is 0 Å². The van der Waals surface area contributed by atoms with E-state index in [1.165, 1.54) is 13.8 Å². The summed E-state index contributed by atoms with van der Waals surface area (Å²) in [6.45, 7) is 3.56. The maximum absolute atomic E-state index is 14.7. The molecule has 0 saturated carbocycles. The first-order valence-corrected chi connectivity index (χ1v) is 12.1. The highest BCUT2D eigenvalue weighted by atomic mass is 19.3. The molecule has 0 bridgehead atoms. The minimum Gasteiger partial charge on any atom is -0.394 e. The molecule has 0 unspecified atom stereocenters. The van der Waals surface area contributed by atoms with E-state index in [2.05, 4.69) is 5.32 Å². The van der Waals surface area contributed by atoms with Gasteiger partial charge in [0.1, 0.15) is 30.2 Å². The summed E-state index contributed by atoms with van der Waals surface area (Å²) >= 11 is 0. The Bertz CT molecular complexity index is 755. The zero-order valence-electron chi connectivity index (χ0n) is 20.9. The third kappa shape index (κ3) is 8.20. The molecule has 0 radical (unpaired) electrons. The third-order valence-electron chi connectivity index (χ3n) is 6.63. The number of nitrogens with one attached hydrogen (secondary N) is 1. The first kappa shape index (κ1) is 32.4. The largest absolute Gasteiger partial charge is 0.394 e. The lowest BCUT2D eigenvalue weighted by Crippen LogP contribution is -2.71. The fourth-order valence-corrected chi connectivity index (χ4v) is 3.85. The molecule has 0 spiro atoms. The maximum Gasteiger partial charge on any atom is 0.303 e. The Balaban J connectivity index is 2.43. The number of Topliss-reactive ketones (excluding diaryl/α,β-unsaturated/α-hetero) is 2. The van der Waals surface area contributed by atoms with E-state index in [-0.39, 0.29) is 37.2 Å². The van der Waals surface area contributed by atoms with Crippen molar-refractivity contribution in [3.05, 3.63) is 0 Å². The van der Waals surface area contributed by atoms with Crippen LogP contribution in [0.15, 0.2) is 0 Å². The molecule has 1 heterocycles. The summed E-state index contributed by atoms with van der Waals surface area (Å²) < 4.78 is 34.1. The molecule has 8 atom stereocenters. The number of alkyl halides is 2. The number of carbonyl (C=O) groups is 3. The summed E-state index contributed by atoms with van der Waals surface area (Å²) in [6, 6.07) is -1.72. The van der Waals surface area contributed by atoms with Crippen LogP contribution in [-0.4, -0.2) is 97.8 Å². The number of rotatable bonds is 15. The van der Waals surface area contributed by atoms with Crippen LogP contribution in [0.3, 0.4) is 0 Å². The summed E-state index contributed by atoms with van der Waals surface area (Å²) in [4.78, 5) is 35.6. The normalized spacial score (nSPS) is 29.3. The van der Waals surface area contributed by atoms with Crippen molar-refractivity contribution in [1.29, 1.82) is 0 Å². The van der Waals surface area contributed by atoms with E-state index >= 15 is 0 Å². The van der Waals surface area contributed by atoms with Crippen molar-refractivity contribution in [3.63, 3.8) is 0 Å². The number of unbranched alkanes of at least 4 members (excludes halogenated alkanes) is 3. The van der Waals surface area contributed by atoms with Crippen LogP contribution < -0.4 is 11.1 Å². The highest BCUT2D eigenvalue weighted by Crippen LogP contribution is 2.42. The molecule has 8 N–H and O–H groups in total. The molecule has 210 valence electrons. The van der Waals surface area contributed by atoms with Crippen LogP contribution >= 0.6 is 0 Å². The Morgan fingerprint density at radius 1 is 1.08 bits per heavy atom. The Kier molecular flexibility index (Phi) is 12.4. The SMILES string of the molecule is CC(=O)[C@H](C)CC(=O)[C@H](C)NC(=O)[C@@H](N)CCCCCCC(F)(F)[C@]1(O)O[C@H](CO)[C@H](O)[C@H](O)[C@H]1O. The maximum atomic E-state index is 14.7. The monoisotopic (exact) mass is 526 g/mol. The highest BCUT2D eigenvalue weighted by molar-refractivity contribution is 5.93. The predicted molar refractivity (Wildman–Crippen MR) is 123 cm³/mol. The molecular formula is C23H40F2N2O9. The lowest BCUT2D eigenvalue weighted by molar-refractivity contribution is -0.412. The van der Waals surface area contributed by atoms with E-state index in [9.17, 15) is 43.6 Å². The Hall–Kier alpha value is -1.61. The molecule has 1 aliphatic heterocycles. The smallest absolute Gasteiger partial charge is 0.303 e. The summed E-state index contributed by atoms with van der Waals surface area (Å²) in [5, 5.41) is 51.3. The van der Waals surface area contributed by atoms with E-state index < -0.39 is 73.1 Å². The first-order valence-electron chi connectivity index (χ1n) is 12.1. The summed E-state index contributed by atoms with van der Waals surface area (Å²) in [5.41, 5.74) is 5.84. The number of carbonyl (C=O) groups excluding carboxylic acids is 3. The lowest BCUT2D eigenvalue weighted by atomic mass is 9.87. The molecule has 0 aromatic heterocycles. The fraction of sp³-hybridized carbons (Fsp3) is 0.870. The lowest BCUT2D eigenvalue weighted by Gasteiger charge is -2.48. The number of aliphatic hydroxyl groups excluding tert-OH is 4. The number of ether oxygens (including phenoxy) is 1. The van der Waals surface area contributed by atoms with Crippen LogP contribution in [0.4, 0.5) is 8.78 Å². The van der Waals surface area contributed by atoms with Crippen molar-refractivity contribution < 1.29 is 53.4 Å². The topological polar surface area (TPSA) is 200 Å². The number of amides is 1. The Morgan fingerprint density at radius 3 is 2.22 bits per heavy atom. The molecule has 11 nitrogen and oxygen atoms in total. The van der Waals surface area contributed by atoms with Gasteiger partial charge in [-0.1, -0.05) is 26.2 Å². The van der Waals surface area contributed by atoms with Gasteiger partial charge in [-0.3, -0.25) is 14.4 Å². The van der Waals surface area contributed by atoms with Gasteiger partial charge in [-0.2, -0.15) is 0 Å². The second kappa shape index (κ2) is 13.8. The Morgan fingerprint density at radius 2 is 1.67 bits per heavy atom. The van der Waals surface area contributed by atoms with E-state index in [0.29, 0.717) is 12.8 Å². The van der Waals surface area contributed by atoms with Crippen molar-refractivity contribution in [3.8, 4) is 0 Å². The molecule has 0 aliphatic carbocycles. The van der Waals surface area contributed by atoms with Gasteiger partial charge in [0.05, 0.1) is 18.7 Å². The molecule has 1 saturated heterocycles. The van der Waals surface area contributed by atoms with Crippen molar-refractivity contribution >= 4 is 17.5 Å². The molecule has 0 aromatic carbocycles. The van der Waals surface area contributed by atoms with Gasteiger partial charge in [0.25, 0.3) is 5.79 Å². The van der Waals surface area contributed by atoms with Crippen LogP contribution in [0.1, 0.15) is 65.7 Å². The number of hydrogen-bond donors (Lipinski definition) is 7. The quantitative estimate of drug-likeness (QED) is 0.132. The molecule has 1 amide bonds. The average Bonchev–Trinajstić information content (AvgIpc) is 2.81. The molecule has 1 aliphatic rings. The minimum absolute atomic E-state index is 0.00798. The van der Waals surface area contributed by atoms with Crippen LogP contribution in [0.5, 0.6) is 0 Å². The number of hydrogen-bond acceptors (Lipinski definition) is 10. The number of ketones is 2. The number of nitrogens with two attached hydrogens (primary N) is 1. The standard InChI is InChI=1S/C23H40F2N2O9/c1-12(14(3)29)10-16(30)13(2)27-21(34)15(26)8-6-4-5-7-9-22(24,25)23(35)20(33)19(32)18(31)17(11-28)36-23/h12-13,15,17-20,28,31-33,35H,4-11,26H2,1-3H3,(H,27,34)/t12-,13+,15+,17-,18+,19+,20-,23-/m1/s1. The molecule has 13 heteroatoms. The van der Waals surface area contributed by atoms with Crippen molar-refractivity contribution in [2.24, 2.45) is 11.7 Å². The van der Waals surface area contributed by atoms with Gasteiger partial charge in [0.2, 0.25) is 5.91 Å². The van der Waals surface area contributed by atoms with Gasteiger partial charge in [-0.05, 0) is 26.7 Å². The van der Waals surface area contributed by atoms with Crippen molar-refractivity contribution in [2.45, 2.75) is 114 Å². The van der Waals surface area contributed by atoms with E-state index in [1.807, 2.05) is 0 Å². The second-order valence-electron chi connectivity index (χ2n) is 9.64. The summed E-state index contributed by atoms with van der Waals surface area (Å²) in [6.07, 6.45) is -7.86. The van der Waals surface area contributed by atoms with Gasteiger partial charge in [-0.15, -0.1) is 0 Å². The molecule has 0 aromatic rings. The van der Waals surface area contributed by atoms with Crippen molar-refractivity contribution in [2.75, 3.05) is 6.61 Å². The van der Waals surface area contributed by atoms with Gasteiger partial charge in [0, 0.05) is 18.8 Å². The van der Waals surface area contributed by atoms with E-state index in [0.717, 1.165) is 0 Å². The average molecular weight is 527 g/mol. The zero-order chi connectivity index (χ0) is 27.8. The highest BCUT2D eigenvalue weighted by Gasteiger charge is 2.65.